The molecule has 0 radical (unpaired) electrons. The predicted octanol–water partition coefficient (Wildman–Crippen LogP) is 12.8. The minimum atomic E-state index is 1.20. The van der Waals surface area contributed by atoms with Crippen LogP contribution in [-0.2, 0) is 0 Å². The quantitative estimate of drug-likeness (QED) is 0.187. The smallest absolute Gasteiger partial charge is 0.0169 e. The van der Waals surface area contributed by atoms with Crippen LogP contribution in [0.5, 0.6) is 0 Å². The predicted molar refractivity (Wildman–Crippen MR) is 184 cm³/mol. The lowest BCUT2D eigenvalue weighted by atomic mass is 9.96. The molecule has 0 aliphatic carbocycles. The van der Waals surface area contributed by atoms with Crippen LogP contribution in [0.25, 0.3) is 66.2 Å². The third kappa shape index (κ3) is 5.48. The second kappa shape index (κ2) is 12.1. The molecule has 0 aliphatic rings. The van der Waals surface area contributed by atoms with Crippen LogP contribution in [0.2, 0.25) is 0 Å². The molecular formula is C40H28P2. The lowest BCUT2D eigenvalue weighted by Gasteiger charge is -2.16. The molecule has 0 nitrogen and oxygen atoms in total. The Morgan fingerprint density at radius 2 is 0.595 bits per heavy atom. The van der Waals surface area contributed by atoms with Gasteiger partial charge in [-0.2, -0.15) is 0 Å². The van der Waals surface area contributed by atoms with Gasteiger partial charge in [-0.3, -0.25) is 0 Å². The van der Waals surface area contributed by atoms with Crippen LogP contribution in [0, 0.1) is 0 Å². The summed E-state index contributed by atoms with van der Waals surface area (Å²) >= 11 is 0. The van der Waals surface area contributed by atoms with Crippen LogP contribution in [0.15, 0.2) is 169 Å². The second-order valence-electron chi connectivity index (χ2n) is 10.3. The van der Waals surface area contributed by atoms with Crippen LogP contribution < -0.4 is 0 Å². The number of hydrogen-bond acceptors (Lipinski definition) is 0. The van der Waals surface area contributed by atoms with E-state index in [4.69, 9.17) is 0 Å². The van der Waals surface area contributed by atoms with Crippen molar-refractivity contribution in [1.29, 1.82) is 0 Å². The van der Waals surface area contributed by atoms with Gasteiger partial charge in [0.15, 0.2) is 0 Å². The first-order chi connectivity index (χ1) is 20.8. The van der Waals surface area contributed by atoms with E-state index >= 15 is 0 Å². The first kappa shape index (κ1) is 26.3. The lowest BCUT2D eigenvalue weighted by Crippen LogP contribution is -1.87. The zero-order chi connectivity index (χ0) is 28.1. The van der Waals surface area contributed by atoms with Crippen molar-refractivity contribution in [3.8, 4) is 66.2 Å². The summed E-state index contributed by atoms with van der Waals surface area (Å²) in [5.74, 6) is 4.69. The van der Waals surface area contributed by atoms with Gasteiger partial charge in [0, 0.05) is 10.6 Å². The zero-order valence-electron chi connectivity index (χ0n) is 23.1. The van der Waals surface area contributed by atoms with E-state index in [0.717, 1.165) is 0 Å². The topological polar surface area (TPSA) is 0 Å². The molecule has 5 aromatic carbocycles. The molecule has 2 heteroatoms. The van der Waals surface area contributed by atoms with Gasteiger partial charge in [-0.25, -0.2) is 0 Å². The molecule has 0 saturated heterocycles. The van der Waals surface area contributed by atoms with Crippen molar-refractivity contribution in [3.63, 3.8) is 0 Å². The van der Waals surface area contributed by atoms with Crippen LogP contribution in [0.4, 0.5) is 0 Å². The molecule has 0 fully saturated rings. The molecule has 198 valence electrons. The number of benzene rings is 5. The van der Waals surface area contributed by atoms with Crippen molar-refractivity contribution in [2.45, 2.75) is 0 Å². The van der Waals surface area contributed by atoms with Crippen molar-refractivity contribution < 1.29 is 0 Å². The minimum absolute atomic E-state index is 1.20. The molecule has 7 rings (SSSR count). The van der Waals surface area contributed by atoms with E-state index in [0.29, 0.717) is 0 Å². The Morgan fingerprint density at radius 3 is 0.976 bits per heavy atom. The van der Waals surface area contributed by atoms with Gasteiger partial charge in [-0.1, -0.05) is 156 Å². The normalized spacial score (nSPS) is 11.2. The SMILES string of the molecule is c1ccc(-c2cpc(-c3cccc(-c4pcc(-c5ccccc5)cc4-c4ccccc4)c3)c(-c3ccccc3)c2)cc1. The highest BCUT2D eigenvalue weighted by Gasteiger charge is 2.14. The maximum absolute atomic E-state index is 2.39. The summed E-state index contributed by atoms with van der Waals surface area (Å²) in [5, 5.41) is 2.67. The molecule has 0 spiro atoms. The van der Waals surface area contributed by atoms with E-state index < -0.39 is 0 Å². The standard InChI is InChI=1S/C40H28P2/c1-5-14-29(15-6-1)35-25-37(31-18-9-3-10-19-31)39(41-27-35)33-22-13-23-34(24-33)40-38(32-20-11-4-12-21-32)26-36(28-42-40)30-16-7-2-8-17-30/h1-28H. The maximum atomic E-state index is 2.39. The maximum Gasteiger partial charge on any atom is 0.0169 e. The minimum Gasteiger partial charge on any atom is -0.0665 e. The Morgan fingerprint density at radius 1 is 0.262 bits per heavy atom. The molecule has 2 aromatic heterocycles. The second-order valence-corrected chi connectivity index (χ2v) is 12.2. The van der Waals surface area contributed by atoms with Crippen molar-refractivity contribution in [2.24, 2.45) is 0 Å². The highest BCUT2D eigenvalue weighted by Crippen LogP contribution is 2.45. The molecule has 0 atom stereocenters. The van der Waals surface area contributed by atoms with Crippen molar-refractivity contribution in [2.75, 3.05) is 0 Å². The van der Waals surface area contributed by atoms with Crippen LogP contribution in [0.1, 0.15) is 0 Å². The van der Waals surface area contributed by atoms with E-state index in [1.54, 1.807) is 0 Å². The highest BCUT2D eigenvalue weighted by molar-refractivity contribution is 7.34. The zero-order valence-corrected chi connectivity index (χ0v) is 24.8. The largest absolute Gasteiger partial charge is 0.0665 e. The summed E-state index contributed by atoms with van der Waals surface area (Å²) < 4.78 is 0. The van der Waals surface area contributed by atoms with Gasteiger partial charge in [0.25, 0.3) is 0 Å². The molecule has 0 aliphatic heterocycles. The first-order valence-electron chi connectivity index (χ1n) is 14.2. The average molecular weight is 571 g/mol. The third-order valence-corrected chi connectivity index (χ3v) is 9.90. The first-order valence-corrected chi connectivity index (χ1v) is 16.1. The van der Waals surface area contributed by atoms with Gasteiger partial charge in [-0.15, -0.1) is 0 Å². The summed E-state index contributed by atoms with van der Waals surface area (Å²) in [4.78, 5) is 0. The van der Waals surface area contributed by atoms with E-state index in [-0.39, 0.29) is 0 Å². The van der Waals surface area contributed by atoms with Crippen molar-refractivity contribution in [1.82, 2.24) is 0 Å². The van der Waals surface area contributed by atoms with Gasteiger partial charge >= 0.3 is 0 Å². The van der Waals surface area contributed by atoms with Gasteiger partial charge in [0.2, 0.25) is 0 Å². The lowest BCUT2D eigenvalue weighted by molar-refractivity contribution is 1.60. The molecule has 2 heterocycles. The summed E-state index contributed by atoms with van der Waals surface area (Å²) in [5.41, 5.74) is 12.6. The van der Waals surface area contributed by atoms with Gasteiger partial charge in [0.1, 0.15) is 0 Å². The Hall–Kier alpha value is -4.60. The molecule has 0 bridgehead atoms. The number of rotatable bonds is 6. The molecule has 0 N–H and O–H groups in total. The summed E-state index contributed by atoms with van der Waals surface area (Å²) in [7, 11) is 2.40. The van der Waals surface area contributed by atoms with E-state index in [1.807, 2.05) is 0 Å². The molecule has 0 amide bonds. The molecule has 7 aromatic rings. The fourth-order valence-corrected chi connectivity index (χ4v) is 7.68. The van der Waals surface area contributed by atoms with Crippen LogP contribution in [-0.4, -0.2) is 0 Å². The molecule has 42 heavy (non-hydrogen) atoms. The van der Waals surface area contributed by atoms with Crippen molar-refractivity contribution in [3.05, 3.63) is 169 Å². The third-order valence-electron chi connectivity index (χ3n) is 7.57. The molecule has 0 unspecified atom stereocenters. The van der Waals surface area contributed by atoms with Gasteiger partial charge < -0.3 is 0 Å². The summed E-state index contributed by atoms with van der Waals surface area (Å²) in [6, 6.07) is 56.8. The highest BCUT2D eigenvalue weighted by atomic mass is 31.0. The van der Waals surface area contributed by atoms with Gasteiger partial charge in [0.05, 0.1) is 0 Å². The fourth-order valence-electron chi connectivity index (χ4n) is 5.46. The molecular weight excluding hydrogens is 542 g/mol. The van der Waals surface area contributed by atoms with Crippen LogP contribution >= 0.6 is 16.4 Å². The monoisotopic (exact) mass is 570 g/mol. The average Bonchev–Trinajstić information content (AvgIpc) is 3.09. The van der Waals surface area contributed by atoms with Crippen molar-refractivity contribution >= 4 is 16.4 Å². The Bertz CT molecular complexity index is 1810. The fraction of sp³-hybridized carbons (Fsp3) is 0. The summed E-state index contributed by atoms with van der Waals surface area (Å²) in [6.45, 7) is 0. The van der Waals surface area contributed by atoms with Gasteiger partial charge in [-0.05, 0) is 85.4 Å². The van der Waals surface area contributed by atoms with E-state index in [2.05, 4.69) is 169 Å². The Labute approximate surface area is 251 Å². The van der Waals surface area contributed by atoms with E-state index in [9.17, 15) is 0 Å². The Kier molecular flexibility index (Phi) is 7.58. The molecule has 0 saturated carbocycles. The summed E-state index contributed by atoms with van der Waals surface area (Å²) in [6.07, 6.45) is 0. The van der Waals surface area contributed by atoms with Crippen LogP contribution in [0.3, 0.4) is 0 Å². The Balaban J connectivity index is 1.37. The number of hydrogen-bond donors (Lipinski definition) is 0. The van der Waals surface area contributed by atoms with E-state index in [1.165, 1.54) is 82.6 Å².